The van der Waals surface area contributed by atoms with E-state index in [0.29, 0.717) is 11.3 Å². The molecule has 2 aromatic rings. The zero-order valence-corrected chi connectivity index (χ0v) is 10.4. The smallest absolute Gasteiger partial charge is 0.384 e. The van der Waals surface area contributed by atoms with Gasteiger partial charge in [0.25, 0.3) is 0 Å². The second kappa shape index (κ2) is 4.70. The molecule has 1 aromatic heterocycles. The molecule has 1 heterocycles. The number of rotatable bonds is 2. The number of hydrogen-bond donors (Lipinski definition) is 1. The van der Waals surface area contributed by atoms with Crippen molar-refractivity contribution in [2.75, 3.05) is 0 Å². The fourth-order valence-electron chi connectivity index (χ4n) is 1.85. The number of benzene rings is 1. The number of aliphatic hydroxyl groups is 1. The summed E-state index contributed by atoms with van der Waals surface area (Å²) in [4.78, 5) is 0. The SMILES string of the molecule is Cc1c(C(O)c2cccc(C(F)(F)F)c2)cnn1C. The molecule has 1 N–H and O–H groups in total. The van der Waals surface area contributed by atoms with Crippen LogP contribution in [-0.2, 0) is 13.2 Å². The predicted molar refractivity (Wildman–Crippen MR) is 63.5 cm³/mol. The van der Waals surface area contributed by atoms with E-state index in [2.05, 4.69) is 5.10 Å². The fourth-order valence-corrected chi connectivity index (χ4v) is 1.85. The van der Waals surface area contributed by atoms with E-state index in [0.717, 1.165) is 12.1 Å². The Morgan fingerprint density at radius 3 is 2.53 bits per heavy atom. The highest BCUT2D eigenvalue weighted by Gasteiger charge is 2.31. The molecule has 0 radical (unpaired) electrons. The van der Waals surface area contributed by atoms with E-state index < -0.39 is 17.8 Å². The van der Waals surface area contributed by atoms with Gasteiger partial charge >= 0.3 is 6.18 Å². The molecule has 0 saturated carbocycles. The predicted octanol–water partition coefficient (Wildman–Crippen LogP) is 2.83. The molecule has 0 spiro atoms. The first-order valence-corrected chi connectivity index (χ1v) is 5.64. The van der Waals surface area contributed by atoms with Crippen molar-refractivity contribution in [1.82, 2.24) is 9.78 Å². The lowest BCUT2D eigenvalue weighted by atomic mass is 10.0. The van der Waals surface area contributed by atoms with Crippen molar-refractivity contribution in [3.63, 3.8) is 0 Å². The first kappa shape index (κ1) is 13.6. The lowest BCUT2D eigenvalue weighted by Gasteiger charge is -2.13. The average molecular weight is 270 g/mol. The maximum absolute atomic E-state index is 12.6. The Hall–Kier alpha value is -1.82. The van der Waals surface area contributed by atoms with Crippen LogP contribution in [0.1, 0.15) is 28.5 Å². The quantitative estimate of drug-likeness (QED) is 0.911. The third-order valence-corrected chi connectivity index (χ3v) is 3.10. The van der Waals surface area contributed by atoms with E-state index in [1.165, 1.54) is 18.3 Å². The second-order valence-electron chi connectivity index (χ2n) is 4.33. The molecule has 0 amide bonds. The summed E-state index contributed by atoms with van der Waals surface area (Å²) in [6.45, 7) is 1.75. The first-order chi connectivity index (χ1) is 8.80. The minimum Gasteiger partial charge on any atom is -0.384 e. The summed E-state index contributed by atoms with van der Waals surface area (Å²) in [7, 11) is 1.71. The number of halogens is 3. The van der Waals surface area contributed by atoms with Crippen molar-refractivity contribution in [2.45, 2.75) is 19.2 Å². The number of aromatic nitrogens is 2. The van der Waals surface area contributed by atoms with Gasteiger partial charge in [0.1, 0.15) is 6.10 Å². The molecule has 3 nitrogen and oxygen atoms in total. The number of alkyl halides is 3. The topological polar surface area (TPSA) is 38.1 Å². The number of aliphatic hydroxyl groups excluding tert-OH is 1. The van der Waals surface area contributed by atoms with Gasteiger partial charge in [0.15, 0.2) is 0 Å². The van der Waals surface area contributed by atoms with Crippen LogP contribution in [0.4, 0.5) is 13.2 Å². The number of hydrogen-bond acceptors (Lipinski definition) is 2. The second-order valence-corrected chi connectivity index (χ2v) is 4.33. The van der Waals surface area contributed by atoms with Crippen molar-refractivity contribution in [2.24, 2.45) is 7.05 Å². The van der Waals surface area contributed by atoms with E-state index in [-0.39, 0.29) is 5.56 Å². The molecule has 2 rings (SSSR count). The Morgan fingerprint density at radius 1 is 1.32 bits per heavy atom. The highest BCUT2D eigenvalue weighted by molar-refractivity contribution is 5.34. The van der Waals surface area contributed by atoms with E-state index in [1.807, 2.05) is 0 Å². The molecule has 1 atom stereocenters. The van der Waals surface area contributed by atoms with Gasteiger partial charge in [-0.2, -0.15) is 18.3 Å². The van der Waals surface area contributed by atoms with E-state index in [4.69, 9.17) is 0 Å². The summed E-state index contributed by atoms with van der Waals surface area (Å²) in [5, 5.41) is 14.1. The van der Waals surface area contributed by atoms with Gasteiger partial charge in [0.2, 0.25) is 0 Å². The molecule has 0 saturated heterocycles. The van der Waals surface area contributed by atoms with Gasteiger partial charge in [0, 0.05) is 18.3 Å². The van der Waals surface area contributed by atoms with E-state index in [9.17, 15) is 18.3 Å². The van der Waals surface area contributed by atoms with Gasteiger partial charge in [-0.3, -0.25) is 4.68 Å². The van der Waals surface area contributed by atoms with Crippen molar-refractivity contribution in [3.05, 3.63) is 52.8 Å². The van der Waals surface area contributed by atoms with Crippen LogP contribution in [0.25, 0.3) is 0 Å². The largest absolute Gasteiger partial charge is 0.416 e. The normalized spacial score (nSPS) is 13.6. The minimum absolute atomic E-state index is 0.200. The zero-order chi connectivity index (χ0) is 14.2. The molecule has 0 fully saturated rings. The van der Waals surface area contributed by atoms with Gasteiger partial charge in [0.05, 0.1) is 11.8 Å². The molecule has 102 valence electrons. The third kappa shape index (κ3) is 2.63. The molecule has 1 aromatic carbocycles. The maximum atomic E-state index is 12.6. The Bertz CT molecular complexity index is 590. The van der Waals surface area contributed by atoms with Gasteiger partial charge < -0.3 is 5.11 Å². The Kier molecular flexibility index (Phi) is 3.36. The summed E-state index contributed by atoms with van der Waals surface area (Å²) in [5.74, 6) is 0. The van der Waals surface area contributed by atoms with Crippen LogP contribution in [-0.4, -0.2) is 14.9 Å². The van der Waals surface area contributed by atoms with E-state index in [1.54, 1.807) is 18.7 Å². The van der Waals surface area contributed by atoms with Gasteiger partial charge in [-0.05, 0) is 24.6 Å². The van der Waals surface area contributed by atoms with Gasteiger partial charge in [-0.15, -0.1) is 0 Å². The van der Waals surface area contributed by atoms with Crippen molar-refractivity contribution < 1.29 is 18.3 Å². The molecule has 0 aliphatic heterocycles. The van der Waals surface area contributed by atoms with Crippen molar-refractivity contribution >= 4 is 0 Å². The molecule has 1 unspecified atom stereocenters. The van der Waals surface area contributed by atoms with Gasteiger partial charge in [-0.25, -0.2) is 0 Å². The Morgan fingerprint density at radius 2 is 2.00 bits per heavy atom. The zero-order valence-electron chi connectivity index (χ0n) is 10.4. The van der Waals surface area contributed by atoms with Crippen LogP contribution >= 0.6 is 0 Å². The van der Waals surface area contributed by atoms with Crippen LogP contribution in [0.15, 0.2) is 30.5 Å². The highest BCUT2D eigenvalue weighted by Crippen LogP contribution is 2.32. The van der Waals surface area contributed by atoms with Crippen molar-refractivity contribution in [3.8, 4) is 0 Å². The third-order valence-electron chi connectivity index (χ3n) is 3.10. The summed E-state index contributed by atoms with van der Waals surface area (Å²) in [5.41, 5.74) is 0.642. The molecule has 0 aliphatic rings. The summed E-state index contributed by atoms with van der Waals surface area (Å²) in [6.07, 6.45) is -4.07. The first-order valence-electron chi connectivity index (χ1n) is 5.64. The van der Waals surface area contributed by atoms with Crippen LogP contribution in [0.5, 0.6) is 0 Å². The van der Waals surface area contributed by atoms with E-state index >= 15 is 0 Å². The summed E-state index contributed by atoms with van der Waals surface area (Å²) < 4.78 is 39.4. The Labute approximate surface area is 108 Å². The molecular weight excluding hydrogens is 257 g/mol. The maximum Gasteiger partial charge on any atom is 0.416 e. The number of nitrogens with zero attached hydrogens (tertiary/aromatic N) is 2. The molecular formula is C13H13F3N2O. The fraction of sp³-hybridized carbons (Fsp3) is 0.308. The summed E-state index contributed by atoms with van der Waals surface area (Å²) in [6, 6.07) is 4.68. The minimum atomic E-state index is -4.42. The Balaban J connectivity index is 2.40. The molecule has 19 heavy (non-hydrogen) atoms. The number of aryl methyl sites for hydroxylation is 1. The lowest BCUT2D eigenvalue weighted by molar-refractivity contribution is -0.137. The standard InChI is InChI=1S/C13H13F3N2O/c1-8-11(7-17-18(8)2)12(19)9-4-3-5-10(6-9)13(14,15)16/h3-7,12,19H,1-2H3. The monoisotopic (exact) mass is 270 g/mol. The summed E-state index contributed by atoms with van der Waals surface area (Å²) >= 11 is 0. The molecule has 0 aliphatic carbocycles. The van der Waals surface area contributed by atoms with Crippen LogP contribution in [0.2, 0.25) is 0 Å². The average Bonchev–Trinajstić information content (AvgIpc) is 2.68. The van der Waals surface area contributed by atoms with Crippen LogP contribution in [0.3, 0.4) is 0 Å². The van der Waals surface area contributed by atoms with Gasteiger partial charge in [-0.1, -0.05) is 12.1 Å². The van der Waals surface area contributed by atoms with Crippen molar-refractivity contribution in [1.29, 1.82) is 0 Å². The highest BCUT2D eigenvalue weighted by atomic mass is 19.4. The van der Waals surface area contributed by atoms with Crippen LogP contribution in [0, 0.1) is 6.92 Å². The van der Waals surface area contributed by atoms with Crippen LogP contribution < -0.4 is 0 Å². The molecule has 6 heteroatoms. The molecule has 0 bridgehead atoms. The lowest BCUT2D eigenvalue weighted by Crippen LogP contribution is -2.08.